The van der Waals surface area contributed by atoms with Crippen molar-refractivity contribution in [3.05, 3.63) is 64.5 Å². The SMILES string of the molecule is CCOC(=O)c1cc(-c2ccccc2)sc1NC(=O)[C@H](C)OC(=O)c1[nH]c(C)c(C(C)=O)c1C. The van der Waals surface area contributed by atoms with E-state index in [1.54, 1.807) is 26.8 Å². The second-order valence-electron chi connectivity index (χ2n) is 7.66. The molecule has 1 amide bonds. The highest BCUT2D eigenvalue weighted by molar-refractivity contribution is 7.20. The minimum atomic E-state index is -1.16. The summed E-state index contributed by atoms with van der Waals surface area (Å²) < 4.78 is 10.5. The van der Waals surface area contributed by atoms with Crippen molar-refractivity contribution in [2.45, 2.75) is 40.7 Å². The fourth-order valence-corrected chi connectivity index (χ4v) is 4.61. The molecule has 2 aromatic heterocycles. The largest absolute Gasteiger partial charge is 0.462 e. The van der Waals surface area contributed by atoms with Gasteiger partial charge in [0.2, 0.25) is 0 Å². The van der Waals surface area contributed by atoms with Gasteiger partial charge < -0.3 is 19.8 Å². The van der Waals surface area contributed by atoms with Gasteiger partial charge in [-0.05, 0) is 51.8 Å². The van der Waals surface area contributed by atoms with Crippen LogP contribution in [0.5, 0.6) is 0 Å². The normalized spacial score (nSPS) is 11.6. The molecule has 2 heterocycles. The quantitative estimate of drug-likeness (QED) is 0.348. The molecule has 1 atom stereocenters. The van der Waals surface area contributed by atoms with Gasteiger partial charge in [-0.25, -0.2) is 9.59 Å². The van der Waals surface area contributed by atoms with Gasteiger partial charge in [-0.1, -0.05) is 30.3 Å². The third-order valence-electron chi connectivity index (χ3n) is 5.17. The number of aromatic amines is 1. The van der Waals surface area contributed by atoms with Gasteiger partial charge in [-0.3, -0.25) is 9.59 Å². The Hall–Kier alpha value is -3.72. The standard InChI is InChI=1S/C25H26N2O6S/c1-6-32-24(30)18-12-19(17-10-8-7-9-11-17)34-23(18)27-22(29)16(5)33-25(31)21-13(2)20(15(4)28)14(3)26-21/h7-12,16,26H,6H2,1-5H3,(H,27,29)/t16-/m0/s1. The minimum Gasteiger partial charge on any atom is -0.462 e. The second kappa shape index (κ2) is 10.5. The average molecular weight is 483 g/mol. The zero-order valence-corrected chi connectivity index (χ0v) is 20.4. The van der Waals surface area contributed by atoms with Crippen LogP contribution in [-0.4, -0.2) is 41.3 Å². The molecule has 0 aliphatic rings. The summed E-state index contributed by atoms with van der Waals surface area (Å²) in [5.74, 6) is -2.09. The van der Waals surface area contributed by atoms with E-state index in [0.717, 1.165) is 10.4 Å². The van der Waals surface area contributed by atoms with Crippen molar-refractivity contribution < 1.29 is 28.7 Å². The number of benzene rings is 1. The Balaban J connectivity index is 1.80. The maximum Gasteiger partial charge on any atom is 0.355 e. The molecule has 8 nitrogen and oxygen atoms in total. The van der Waals surface area contributed by atoms with Gasteiger partial charge in [0.15, 0.2) is 11.9 Å². The zero-order chi connectivity index (χ0) is 25.0. The predicted molar refractivity (Wildman–Crippen MR) is 129 cm³/mol. The number of carbonyl (C=O) groups excluding carboxylic acids is 4. The van der Waals surface area contributed by atoms with Gasteiger partial charge in [0.05, 0.1) is 12.2 Å². The fourth-order valence-electron chi connectivity index (χ4n) is 3.56. The number of ether oxygens (including phenoxy) is 2. The zero-order valence-electron chi connectivity index (χ0n) is 19.6. The Morgan fingerprint density at radius 3 is 2.35 bits per heavy atom. The van der Waals surface area contributed by atoms with Crippen LogP contribution < -0.4 is 5.32 Å². The molecule has 34 heavy (non-hydrogen) atoms. The Bertz CT molecular complexity index is 1240. The van der Waals surface area contributed by atoms with Crippen molar-refractivity contribution in [2.75, 3.05) is 11.9 Å². The van der Waals surface area contributed by atoms with Gasteiger partial charge >= 0.3 is 11.9 Å². The molecule has 0 radical (unpaired) electrons. The predicted octanol–water partition coefficient (Wildman–Crippen LogP) is 4.92. The van der Waals surface area contributed by atoms with Crippen molar-refractivity contribution in [1.29, 1.82) is 0 Å². The first kappa shape index (κ1) is 24.9. The number of rotatable bonds is 8. The van der Waals surface area contributed by atoms with E-state index in [9.17, 15) is 19.2 Å². The average Bonchev–Trinajstić information content (AvgIpc) is 3.34. The van der Waals surface area contributed by atoms with Crippen molar-refractivity contribution in [2.24, 2.45) is 0 Å². The molecule has 0 spiro atoms. The summed E-state index contributed by atoms with van der Waals surface area (Å²) in [4.78, 5) is 53.4. The highest BCUT2D eigenvalue weighted by atomic mass is 32.1. The summed E-state index contributed by atoms with van der Waals surface area (Å²) >= 11 is 1.22. The lowest BCUT2D eigenvalue weighted by Crippen LogP contribution is -2.30. The highest BCUT2D eigenvalue weighted by Crippen LogP contribution is 2.36. The number of Topliss-reactive ketones (excluding diaryl/α,β-unsaturated/α-hetero) is 1. The molecule has 2 N–H and O–H groups in total. The first-order valence-corrected chi connectivity index (χ1v) is 11.5. The lowest BCUT2D eigenvalue weighted by atomic mass is 10.1. The van der Waals surface area contributed by atoms with Gasteiger partial charge in [-0.2, -0.15) is 0 Å². The number of thiophene rings is 1. The van der Waals surface area contributed by atoms with Crippen LogP contribution >= 0.6 is 11.3 Å². The first-order valence-electron chi connectivity index (χ1n) is 10.7. The van der Waals surface area contributed by atoms with Crippen LogP contribution in [-0.2, 0) is 14.3 Å². The number of esters is 2. The van der Waals surface area contributed by atoms with Gasteiger partial charge in [0.25, 0.3) is 5.91 Å². The van der Waals surface area contributed by atoms with E-state index in [-0.39, 0.29) is 23.6 Å². The van der Waals surface area contributed by atoms with Crippen LogP contribution in [0.15, 0.2) is 36.4 Å². The van der Waals surface area contributed by atoms with E-state index in [2.05, 4.69) is 10.3 Å². The van der Waals surface area contributed by atoms with Crippen molar-refractivity contribution in [1.82, 2.24) is 4.98 Å². The van der Waals surface area contributed by atoms with Crippen LogP contribution in [0.3, 0.4) is 0 Å². The lowest BCUT2D eigenvalue weighted by molar-refractivity contribution is -0.123. The van der Waals surface area contributed by atoms with E-state index in [1.165, 1.54) is 25.2 Å². The minimum absolute atomic E-state index is 0.122. The number of aryl methyl sites for hydroxylation is 1. The molecule has 0 bridgehead atoms. The maximum absolute atomic E-state index is 12.8. The molecule has 0 fully saturated rings. The summed E-state index contributed by atoms with van der Waals surface area (Å²) in [7, 11) is 0. The van der Waals surface area contributed by atoms with E-state index < -0.39 is 23.9 Å². The Morgan fingerprint density at radius 1 is 1.09 bits per heavy atom. The van der Waals surface area contributed by atoms with Crippen LogP contribution in [0.1, 0.15) is 63.2 Å². The summed E-state index contributed by atoms with van der Waals surface area (Å²) in [6.07, 6.45) is -1.16. The maximum atomic E-state index is 12.8. The summed E-state index contributed by atoms with van der Waals surface area (Å²) in [6, 6.07) is 11.1. The molecule has 1 aromatic carbocycles. The third kappa shape index (κ3) is 5.26. The molecule has 178 valence electrons. The molecule has 0 saturated heterocycles. The summed E-state index contributed by atoms with van der Waals surface area (Å²) in [5.41, 5.74) is 2.68. The summed E-state index contributed by atoms with van der Waals surface area (Å²) in [6.45, 7) is 8.07. The second-order valence-corrected chi connectivity index (χ2v) is 8.71. The number of amides is 1. The molecule has 0 aliphatic carbocycles. The molecular weight excluding hydrogens is 456 g/mol. The number of aromatic nitrogens is 1. The van der Waals surface area contributed by atoms with Crippen LogP contribution in [0, 0.1) is 13.8 Å². The number of carbonyl (C=O) groups is 4. The Kier molecular flexibility index (Phi) is 7.68. The molecule has 0 saturated carbocycles. The van der Waals surface area contributed by atoms with Gasteiger partial charge in [0, 0.05) is 16.1 Å². The number of H-pyrrole nitrogens is 1. The molecule has 0 unspecified atom stereocenters. The van der Waals surface area contributed by atoms with E-state index in [0.29, 0.717) is 21.8 Å². The smallest absolute Gasteiger partial charge is 0.355 e. The van der Waals surface area contributed by atoms with E-state index in [4.69, 9.17) is 9.47 Å². The van der Waals surface area contributed by atoms with E-state index >= 15 is 0 Å². The van der Waals surface area contributed by atoms with E-state index in [1.807, 2.05) is 30.3 Å². The van der Waals surface area contributed by atoms with Crippen molar-refractivity contribution >= 4 is 40.0 Å². The topological polar surface area (TPSA) is 115 Å². The number of anilines is 1. The molecule has 9 heteroatoms. The van der Waals surface area contributed by atoms with Crippen molar-refractivity contribution in [3.8, 4) is 10.4 Å². The molecule has 3 aromatic rings. The first-order chi connectivity index (χ1) is 16.1. The van der Waals surface area contributed by atoms with Crippen LogP contribution in [0.4, 0.5) is 5.00 Å². The number of hydrogen-bond acceptors (Lipinski definition) is 7. The van der Waals surface area contributed by atoms with Crippen LogP contribution in [0.2, 0.25) is 0 Å². The third-order valence-corrected chi connectivity index (χ3v) is 6.27. The summed E-state index contributed by atoms with van der Waals surface area (Å²) in [5, 5.41) is 2.99. The monoisotopic (exact) mass is 482 g/mol. The lowest BCUT2D eigenvalue weighted by Gasteiger charge is -2.13. The Labute approximate surface area is 201 Å². The molecule has 3 rings (SSSR count). The van der Waals surface area contributed by atoms with Gasteiger partial charge in [-0.15, -0.1) is 11.3 Å². The fraction of sp³-hybridized carbons (Fsp3) is 0.280. The number of ketones is 1. The van der Waals surface area contributed by atoms with Crippen LogP contribution in [0.25, 0.3) is 10.4 Å². The highest BCUT2D eigenvalue weighted by Gasteiger charge is 2.26. The van der Waals surface area contributed by atoms with Crippen molar-refractivity contribution in [3.63, 3.8) is 0 Å². The molecule has 0 aliphatic heterocycles. The Morgan fingerprint density at radius 2 is 1.76 bits per heavy atom. The molecular formula is C25H26N2O6S. The number of nitrogens with one attached hydrogen (secondary N) is 2. The number of hydrogen-bond donors (Lipinski definition) is 2. The van der Waals surface area contributed by atoms with Gasteiger partial charge in [0.1, 0.15) is 10.7 Å².